The van der Waals surface area contributed by atoms with Gasteiger partial charge in [-0.3, -0.25) is 4.79 Å². The molecule has 2 nitrogen and oxygen atoms in total. The first-order chi connectivity index (χ1) is 13.5. The van der Waals surface area contributed by atoms with Crippen molar-refractivity contribution in [2.45, 2.75) is 43.9 Å². The molecule has 3 rings (SSSR count). The van der Waals surface area contributed by atoms with Crippen LogP contribution >= 0.6 is 11.8 Å². The van der Waals surface area contributed by atoms with E-state index in [-0.39, 0.29) is 11.9 Å². The van der Waals surface area contributed by atoms with Crippen LogP contribution < -0.4 is 5.32 Å². The maximum Gasteiger partial charge on any atom is 0.251 e. The molecular formula is C25H27NOS. The molecule has 0 saturated heterocycles. The Balaban J connectivity index is 1.55. The topological polar surface area (TPSA) is 29.1 Å². The van der Waals surface area contributed by atoms with Gasteiger partial charge in [-0.1, -0.05) is 61.0 Å². The van der Waals surface area contributed by atoms with E-state index in [1.165, 1.54) is 21.6 Å². The summed E-state index contributed by atoms with van der Waals surface area (Å²) >= 11 is 1.81. The maximum absolute atomic E-state index is 12.6. The molecule has 0 bridgehead atoms. The third-order valence-corrected chi connectivity index (χ3v) is 5.96. The van der Waals surface area contributed by atoms with Crippen LogP contribution in [0.4, 0.5) is 0 Å². The highest BCUT2D eigenvalue weighted by molar-refractivity contribution is 7.98. The van der Waals surface area contributed by atoms with E-state index in [0.29, 0.717) is 5.56 Å². The van der Waals surface area contributed by atoms with Gasteiger partial charge in [0.25, 0.3) is 5.91 Å². The Bertz CT molecular complexity index is 899. The van der Waals surface area contributed by atoms with Gasteiger partial charge in [-0.25, -0.2) is 0 Å². The first-order valence-electron chi connectivity index (χ1n) is 9.73. The fourth-order valence-corrected chi connectivity index (χ4v) is 3.81. The summed E-state index contributed by atoms with van der Waals surface area (Å²) in [6.07, 6.45) is 1.02. The standard InChI is InChI=1S/C25H27NOS/c1-4-20-7-11-22(12-8-20)19(3)26-25(27)23-13-9-21(10-14-23)17-28-24-15-5-18(2)6-16-24/h5-16,19H,4,17H2,1-3H3,(H,26,27)/t19-/m0/s1. The minimum Gasteiger partial charge on any atom is -0.346 e. The van der Waals surface area contributed by atoms with E-state index in [1.807, 2.05) is 31.2 Å². The van der Waals surface area contributed by atoms with Crippen molar-refractivity contribution >= 4 is 17.7 Å². The SMILES string of the molecule is CCc1ccc([C@H](C)NC(=O)c2ccc(CSc3ccc(C)cc3)cc2)cc1. The van der Waals surface area contributed by atoms with Gasteiger partial charge in [-0.05, 0) is 61.2 Å². The first-order valence-corrected chi connectivity index (χ1v) is 10.7. The molecule has 0 spiro atoms. The minimum absolute atomic E-state index is 0.0184. The molecule has 0 aliphatic rings. The zero-order valence-corrected chi connectivity index (χ0v) is 17.6. The van der Waals surface area contributed by atoms with Crippen LogP contribution in [0.25, 0.3) is 0 Å². The number of hydrogen-bond acceptors (Lipinski definition) is 2. The Morgan fingerprint density at radius 2 is 1.50 bits per heavy atom. The molecule has 144 valence electrons. The summed E-state index contributed by atoms with van der Waals surface area (Å²) in [6.45, 7) is 6.26. The van der Waals surface area contributed by atoms with E-state index < -0.39 is 0 Å². The third-order valence-electron chi connectivity index (χ3n) is 4.88. The molecule has 0 heterocycles. The van der Waals surface area contributed by atoms with E-state index >= 15 is 0 Å². The van der Waals surface area contributed by atoms with Gasteiger partial charge in [-0.2, -0.15) is 0 Å². The highest BCUT2D eigenvalue weighted by Gasteiger charge is 2.11. The zero-order valence-electron chi connectivity index (χ0n) is 16.7. The normalized spacial score (nSPS) is 11.8. The summed E-state index contributed by atoms with van der Waals surface area (Å²) in [4.78, 5) is 13.8. The van der Waals surface area contributed by atoms with Crippen LogP contribution in [0.15, 0.2) is 77.7 Å². The molecule has 1 N–H and O–H groups in total. The lowest BCUT2D eigenvalue weighted by atomic mass is 10.0. The van der Waals surface area contributed by atoms with Crippen molar-refractivity contribution in [1.82, 2.24) is 5.32 Å². The number of aryl methyl sites for hydroxylation is 2. The monoisotopic (exact) mass is 389 g/mol. The van der Waals surface area contributed by atoms with Crippen molar-refractivity contribution in [1.29, 1.82) is 0 Å². The van der Waals surface area contributed by atoms with Crippen LogP contribution in [-0.4, -0.2) is 5.91 Å². The number of nitrogens with one attached hydrogen (secondary N) is 1. The summed E-state index contributed by atoms with van der Waals surface area (Å²) < 4.78 is 0. The smallest absolute Gasteiger partial charge is 0.251 e. The van der Waals surface area contributed by atoms with Crippen LogP contribution in [0.1, 0.15) is 52.5 Å². The van der Waals surface area contributed by atoms with Gasteiger partial charge < -0.3 is 5.32 Å². The molecule has 28 heavy (non-hydrogen) atoms. The van der Waals surface area contributed by atoms with Crippen molar-refractivity contribution in [3.05, 3.63) is 101 Å². The van der Waals surface area contributed by atoms with Crippen LogP contribution in [0.3, 0.4) is 0 Å². The molecule has 3 aromatic rings. The molecule has 3 aromatic carbocycles. The molecule has 0 radical (unpaired) electrons. The van der Waals surface area contributed by atoms with E-state index in [2.05, 4.69) is 67.7 Å². The summed E-state index contributed by atoms with van der Waals surface area (Å²) in [5.74, 6) is 0.857. The van der Waals surface area contributed by atoms with Crippen molar-refractivity contribution in [2.75, 3.05) is 0 Å². The fraction of sp³-hybridized carbons (Fsp3) is 0.240. The molecule has 0 aromatic heterocycles. The number of benzene rings is 3. The molecular weight excluding hydrogens is 362 g/mol. The molecule has 0 fully saturated rings. The second-order valence-electron chi connectivity index (χ2n) is 7.09. The molecule has 1 amide bonds. The van der Waals surface area contributed by atoms with Crippen LogP contribution in [-0.2, 0) is 12.2 Å². The highest BCUT2D eigenvalue weighted by Crippen LogP contribution is 2.23. The third kappa shape index (κ3) is 5.49. The second kappa shape index (κ2) is 9.61. The van der Waals surface area contributed by atoms with Crippen LogP contribution in [0.5, 0.6) is 0 Å². The average Bonchev–Trinajstić information content (AvgIpc) is 2.73. The van der Waals surface area contributed by atoms with E-state index in [4.69, 9.17) is 0 Å². The van der Waals surface area contributed by atoms with Gasteiger partial charge >= 0.3 is 0 Å². The van der Waals surface area contributed by atoms with Gasteiger partial charge in [0.05, 0.1) is 6.04 Å². The summed E-state index contributed by atoms with van der Waals surface area (Å²) in [6, 6.07) is 24.9. The summed E-state index contributed by atoms with van der Waals surface area (Å²) in [5, 5.41) is 3.09. The Morgan fingerprint density at radius 3 is 2.11 bits per heavy atom. The number of hydrogen-bond donors (Lipinski definition) is 1. The number of carbonyl (C=O) groups excluding carboxylic acids is 1. The summed E-state index contributed by atoms with van der Waals surface area (Å²) in [5.41, 5.74) is 5.61. The minimum atomic E-state index is -0.0372. The van der Waals surface area contributed by atoms with Gasteiger partial charge in [0.1, 0.15) is 0 Å². The van der Waals surface area contributed by atoms with Gasteiger partial charge in [-0.15, -0.1) is 11.8 Å². The molecule has 0 unspecified atom stereocenters. The predicted molar refractivity (Wildman–Crippen MR) is 119 cm³/mol. The first kappa shape index (κ1) is 20.2. The van der Waals surface area contributed by atoms with Gasteiger partial charge in [0, 0.05) is 16.2 Å². The van der Waals surface area contributed by atoms with Crippen molar-refractivity contribution in [3.63, 3.8) is 0 Å². The quantitative estimate of drug-likeness (QED) is 0.478. The Labute approximate surface area is 172 Å². The number of carbonyl (C=O) groups is 1. The summed E-state index contributed by atoms with van der Waals surface area (Å²) in [7, 11) is 0. The van der Waals surface area contributed by atoms with Gasteiger partial charge in [0.15, 0.2) is 0 Å². The fourth-order valence-electron chi connectivity index (χ4n) is 2.96. The van der Waals surface area contributed by atoms with Crippen molar-refractivity contribution in [3.8, 4) is 0 Å². The van der Waals surface area contributed by atoms with E-state index in [1.54, 1.807) is 11.8 Å². The Morgan fingerprint density at radius 1 is 0.893 bits per heavy atom. The lowest BCUT2D eigenvalue weighted by Crippen LogP contribution is -2.26. The molecule has 3 heteroatoms. The van der Waals surface area contributed by atoms with Crippen molar-refractivity contribution < 1.29 is 4.79 Å². The molecule has 1 atom stereocenters. The van der Waals surface area contributed by atoms with Crippen LogP contribution in [0.2, 0.25) is 0 Å². The average molecular weight is 390 g/mol. The largest absolute Gasteiger partial charge is 0.346 e. The highest BCUT2D eigenvalue weighted by atomic mass is 32.2. The predicted octanol–water partition coefficient (Wildman–Crippen LogP) is 6.34. The Hall–Kier alpha value is -2.52. The van der Waals surface area contributed by atoms with Gasteiger partial charge in [0.2, 0.25) is 0 Å². The second-order valence-corrected chi connectivity index (χ2v) is 8.14. The van der Waals surface area contributed by atoms with Crippen molar-refractivity contribution in [2.24, 2.45) is 0 Å². The number of rotatable bonds is 7. The lowest BCUT2D eigenvalue weighted by molar-refractivity contribution is 0.0940. The number of amides is 1. The van der Waals surface area contributed by atoms with E-state index in [9.17, 15) is 4.79 Å². The lowest BCUT2D eigenvalue weighted by Gasteiger charge is -2.15. The van der Waals surface area contributed by atoms with E-state index in [0.717, 1.165) is 17.7 Å². The molecule has 0 saturated carbocycles. The zero-order chi connectivity index (χ0) is 19.9. The number of thioether (sulfide) groups is 1. The Kier molecular flexibility index (Phi) is 6.94. The molecule has 0 aliphatic heterocycles. The maximum atomic E-state index is 12.6. The van der Waals surface area contributed by atoms with Crippen LogP contribution in [0, 0.1) is 6.92 Å². The molecule has 0 aliphatic carbocycles.